The molecule has 0 radical (unpaired) electrons. The molecule has 0 spiro atoms. The fraction of sp³-hybridized carbons (Fsp3) is 0.176. The third-order valence-corrected chi connectivity index (χ3v) is 3.21. The van der Waals surface area contributed by atoms with Crippen LogP contribution in [0.15, 0.2) is 67.3 Å². The van der Waals surface area contributed by atoms with Gasteiger partial charge < -0.3 is 0 Å². The molecular weight excluding hydrogens is 204 g/mol. The van der Waals surface area contributed by atoms with E-state index in [2.05, 4.69) is 56.5 Å². The lowest BCUT2D eigenvalue weighted by atomic mass is 9.95. The summed E-state index contributed by atoms with van der Waals surface area (Å²) in [5, 5.41) is 0. The molecule has 1 aliphatic rings. The fourth-order valence-electron chi connectivity index (χ4n) is 2.42. The molecule has 0 saturated carbocycles. The van der Waals surface area contributed by atoms with Crippen molar-refractivity contribution in [3.8, 4) is 0 Å². The second-order valence-electron chi connectivity index (χ2n) is 4.18. The Balaban J connectivity index is 2.59. The van der Waals surface area contributed by atoms with Gasteiger partial charge in [0.15, 0.2) is 0 Å². The van der Waals surface area contributed by atoms with Crippen LogP contribution in [0, 0.1) is 0 Å². The van der Waals surface area contributed by atoms with Crippen LogP contribution >= 0.6 is 0 Å². The molecule has 1 aromatic carbocycles. The van der Waals surface area contributed by atoms with Crippen LogP contribution in [-0.4, -0.2) is 0 Å². The largest absolute Gasteiger partial charge is 0.102 e. The minimum Gasteiger partial charge on any atom is -0.102 e. The Morgan fingerprint density at radius 1 is 1.24 bits per heavy atom. The smallest absolute Gasteiger partial charge is 0.0279 e. The lowest BCUT2D eigenvalue weighted by Gasteiger charge is -2.08. The number of hydrogen-bond donors (Lipinski definition) is 0. The summed E-state index contributed by atoms with van der Waals surface area (Å²) < 4.78 is 0. The molecule has 1 unspecified atom stereocenters. The van der Waals surface area contributed by atoms with Gasteiger partial charge in [-0.3, -0.25) is 0 Å². The van der Waals surface area contributed by atoms with Crippen molar-refractivity contribution in [2.75, 3.05) is 0 Å². The maximum absolute atomic E-state index is 3.97. The molecule has 0 heteroatoms. The normalized spacial score (nSPS) is 18.5. The quantitative estimate of drug-likeness (QED) is 0.637. The average molecular weight is 222 g/mol. The highest BCUT2D eigenvalue weighted by atomic mass is 14.3. The molecule has 0 aliphatic heterocycles. The SMILES string of the molecule is C=CC1=C(/C=C\CC)C(C=C)c2ccccc21. The molecule has 0 nitrogen and oxygen atoms in total. The van der Waals surface area contributed by atoms with Crippen molar-refractivity contribution < 1.29 is 0 Å². The summed E-state index contributed by atoms with van der Waals surface area (Å²) in [7, 11) is 0. The van der Waals surface area contributed by atoms with Gasteiger partial charge in [-0.2, -0.15) is 0 Å². The van der Waals surface area contributed by atoms with E-state index in [1.807, 2.05) is 12.2 Å². The predicted molar refractivity (Wildman–Crippen MR) is 75.9 cm³/mol. The molecule has 0 bridgehead atoms. The van der Waals surface area contributed by atoms with E-state index in [-0.39, 0.29) is 0 Å². The second kappa shape index (κ2) is 5.01. The van der Waals surface area contributed by atoms with Gasteiger partial charge in [0.25, 0.3) is 0 Å². The summed E-state index contributed by atoms with van der Waals surface area (Å²) >= 11 is 0. The molecular formula is C17H18. The molecule has 1 aromatic rings. The van der Waals surface area contributed by atoms with Crippen LogP contribution in [0.2, 0.25) is 0 Å². The van der Waals surface area contributed by atoms with Gasteiger partial charge in [0.1, 0.15) is 0 Å². The highest BCUT2D eigenvalue weighted by molar-refractivity contribution is 5.86. The maximum Gasteiger partial charge on any atom is 0.0279 e. The average Bonchev–Trinajstić information content (AvgIpc) is 2.68. The first-order chi connectivity index (χ1) is 8.33. The maximum atomic E-state index is 3.97. The zero-order valence-electron chi connectivity index (χ0n) is 10.3. The number of allylic oxidation sites excluding steroid dienone is 6. The Kier molecular flexibility index (Phi) is 3.43. The zero-order valence-corrected chi connectivity index (χ0v) is 10.3. The standard InChI is InChI=1S/C17H18/c1-4-7-10-15-13(5-2)16-11-8-9-12-17(16)14(15)6-3/h5-13H,2-4H2,1H3/b10-7-. The predicted octanol–water partition coefficient (Wildman–Crippen LogP) is 4.88. The molecule has 0 N–H and O–H groups in total. The van der Waals surface area contributed by atoms with E-state index < -0.39 is 0 Å². The minimum atomic E-state index is 0.307. The number of hydrogen-bond acceptors (Lipinski definition) is 0. The summed E-state index contributed by atoms with van der Waals surface area (Å²) in [6, 6.07) is 8.51. The topological polar surface area (TPSA) is 0 Å². The Bertz CT molecular complexity index is 501. The van der Waals surface area contributed by atoms with E-state index >= 15 is 0 Å². The van der Waals surface area contributed by atoms with E-state index in [9.17, 15) is 0 Å². The van der Waals surface area contributed by atoms with Gasteiger partial charge in [-0.1, -0.05) is 62.1 Å². The third kappa shape index (κ3) is 1.91. The van der Waals surface area contributed by atoms with Crippen molar-refractivity contribution in [1.82, 2.24) is 0 Å². The van der Waals surface area contributed by atoms with Crippen LogP contribution in [0.1, 0.15) is 30.4 Å². The molecule has 0 aromatic heterocycles. The molecule has 86 valence electrons. The van der Waals surface area contributed by atoms with Gasteiger partial charge in [-0.25, -0.2) is 0 Å². The highest BCUT2D eigenvalue weighted by Gasteiger charge is 2.25. The van der Waals surface area contributed by atoms with Gasteiger partial charge in [-0.15, -0.1) is 6.58 Å². The van der Waals surface area contributed by atoms with Gasteiger partial charge in [0.05, 0.1) is 0 Å². The lowest BCUT2D eigenvalue weighted by molar-refractivity contribution is 1.06. The number of fused-ring (bicyclic) bond motifs is 1. The Morgan fingerprint density at radius 2 is 2.00 bits per heavy atom. The first-order valence-electron chi connectivity index (χ1n) is 6.08. The first kappa shape index (κ1) is 11.7. The highest BCUT2D eigenvalue weighted by Crippen LogP contribution is 2.43. The van der Waals surface area contributed by atoms with Crippen LogP contribution in [-0.2, 0) is 0 Å². The summed E-state index contributed by atoms with van der Waals surface area (Å²) in [4.78, 5) is 0. The first-order valence-corrected chi connectivity index (χ1v) is 6.08. The van der Waals surface area contributed by atoms with Crippen molar-refractivity contribution >= 4 is 5.57 Å². The van der Waals surface area contributed by atoms with Gasteiger partial charge in [0, 0.05) is 5.92 Å². The molecule has 1 aliphatic carbocycles. The van der Waals surface area contributed by atoms with Crippen molar-refractivity contribution in [2.45, 2.75) is 19.3 Å². The molecule has 0 heterocycles. The van der Waals surface area contributed by atoms with Crippen LogP contribution in [0.3, 0.4) is 0 Å². The van der Waals surface area contributed by atoms with Crippen LogP contribution in [0.4, 0.5) is 0 Å². The molecule has 0 amide bonds. The van der Waals surface area contributed by atoms with E-state index in [1.165, 1.54) is 22.3 Å². The van der Waals surface area contributed by atoms with Crippen molar-refractivity contribution in [1.29, 1.82) is 0 Å². The molecule has 17 heavy (non-hydrogen) atoms. The van der Waals surface area contributed by atoms with E-state index in [0.717, 1.165) is 6.42 Å². The number of benzene rings is 1. The fourth-order valence-corrected chi connectivity index (χ4v) is 2.42. The molecule has 0 fully saturated rings. The Morgan fingerprint density at radius 3 is 2.65 bits per heavy atom. The van der Waals surface area contributed by atoms with Gasteiger partial charge in [-0.05, 0) is 28.7 Å². The van der Waals surface area contributed by atoms with Crippen LogP contribution in [0.25, 0.3) is 5.57 Å². The summed E-state index contributed by atoms with van der Waals surface area (Å²) in [6.07, 6.45) is 9.43. The molecule has 1 atom stereocenters. The Hall–Kier alpha value is -1.82. The monoisotopic (exact) mass is 222 g/mol. The summed E-state index contributed by atoms with van der Waals surface area (Å²) in [5.41, 5.74) is 5.20. The van der Waals surface area contributed by atoms with Crippen molar-refractivity contribution in [3.05, 3.63) is 78.4 Å². The Labute approximate surface area is 104 Å². The second-order valence-corrected chi connectivity index (χ2v) is 4.18. The summed E-state index contributed by atoms with van der Waals surface area (Å²) in [6.45, 7) is 10.1. The molecule has 0 saturated heterocycles. The van der Waals surface area contributed by atoms with Crippen LogP contribution in [0.5, 0.6) is 0 Å². The number of rotatable bonds is 4. The third-order valence-electron chi connectivity index (χ3n) is 3.21. The van der Waals surface area contributed by atoms with Crippen molar-refractivity contribution in [2.24, 2.45) is 0 Å². The van der Waals surface area contributed by atoms with E-state index in [4.69, 9.17) is 0 Å². The van der Waals surface area contributed by atoms with Crippen molar-refractivity contribution in [3.63, 3.8) is 0 Å². The minimum absolute atomic E-state index is 0.307. The van der Waals surface area contributed by atoms with Gasteiger partial charge >= 0.3 is 0 Å². The van der Waals surface area contributed by atoms with Crippen LogP contribution < -0.4 is 0 Å². The zero-order chi connectivity index (χ0) is 12.3. The van der Waals surface area contributed by atoms with E-state index in [0.29, 0.717) is 5.92 Å². The van der Waals surface area contributed by atoms with E-state index in [1.54, 1.807) is 0 Å². The lowest BCUT2D eigenvalue weighted by Crippen LogP contribution is -1.92. The summed E-state index contributed by atoms with van der Waals surface area (Å²) in [5.74, 6) is 0.307. The van der Waals surface area contributed by atoms with Gasteiger partial charge in [0.2, 0.25) is 0 Å². The molecule has 2 rings (SSSR count).